The minimum Gasteiger partial charge on any atom is -0.481 e. The van der Waals surface area contributed by atoms with Crippen molar-refractivity contribution in [2.24, 2.45) is 5.92 Å². The molecule has 3 heteroatoms. The Morgan fingerprint density at radius 3 is 2.00 bits per heavy atom. The molecule has 0 amide bonds. The molecule has 0 radical (unpaired) electrons. The van der Waals surface area contributed by atoms with Crippen molar-refractivity contribution in [3.8, 4) is 0 Å². The molecule has 1 aliphatic heterocycles. The number of carboxylic acids is 1. The van der Waals surface area contributed by atoms with Crippen molar-refractivity contribution in [1.29, 1.82) is 0 Å². The van der Waals surface area contributed by atoms with Gasteiger partial charge in [0.05, 0.1) is 24.5 Å². The Labute approximate surface area is 114 Å². The summed E-state index contributed by atoms with van der Waals surface area (Å²) in [5, 5.41) is 9.41. The quantitative estimate of drug-likeness (QED) is 0.911. The van der Waals surface area contributed by atoms with E-state index in [9.17, 15) is 9.90 Å². The normalized spacial score (nSPS) is 18.8. The predicted molar refractivity (Wildman–Crippen MR) is 74.7 cm³/mol. The molecule has 1 fully saturated rings. The van der Waals surface area contributed by atoms with Crippen molar-refractivity contribution in [3.05, 3.63) is 33.9 Å². The third-order valence-corrected chi connectivity index (χ3v) is 4.78. The lowest BCUT2D eigenvalue weighted by atomic mass is 9.65. The smallest absolute Gasteiger partial charge is 0.307 e. The van der Waals surface area contributed by atoms with Gasteiger partial charge in [0.25, 0.3) is 0 Å². The Kier molecular flexibility index (Phi) is 3.43. The fourth-order valence-electron chi connectivity index (χ4n) is 3.13. The second-order valence-electron chi connectivity index (χ2n) is 5.84. The van der Waals surface area contributed by atoms with E-state index in [0.29, 0.717) is 13.2 Å². The SMILES string of the molecule is Cc1cc(C)c(C)c(C2(C(C)C(=O)O)COC2)c1C. The molecule has 1 aromatic rings. The second-order valence-corrected chi connectivity index (χ2v) is 5.84. The molecule has 3 nitrogen and oxygen atoms in total. The molecular formula is C16H22O3. The molecule has 0 spiro atoms. The van der Waals surface area contributed by atoms with Gasteiger partial charge in [-0.2, -0.15) is 0 Å². The Morgan fingerprint density at radius 2 is 1.68 bits per heavy atom. The maximum absolute atomic E-state index is 11.4. The number of carboxylic acid groups (broad SMARTS) is 1. The van der Waals surface area contributed by atoms with Gasteiger partial charge < -0.3 is 9.84 Å². The first-order valence-corrected chi connectivity index (χ1v) is 6.69. The summed E-state index contributed by atoms with van der Waals surface area (Å²) in [6.07, 6.45) is 0. The van der Waals surface area contributed by atoms with E-state index in [1.54, 1.807) is 6.92 Å². The highest BCUT2D eigenvalue weighted by molar-refractivity contribution is 5.73. The van der Waals surface area contributed by atoms with Gasteiger partial charge in [-0.3, -0.25) is 4.79 Å². The average molecular weight is 262 g/mol. The highest BCUT2D eigenvalue weighted by Gasteiger charge is 2.50. The van der Waals surface area contributed by atoms with Crippen LogP contribution in [0.15, 0.2) is 6.07 Å². The van der Waals surface area contributed by atoms with E-state index in [-0.39, 0.29) is 5.41 Å². The van der Waals surface area contributed by atoms with Crippen LogP contribution in [0.25, 0.3) is 0 Å². The van der Waals surface area contributed by atoms with Crippen molar-refractivity contribution in [1.82, 2.24) is 0 Å². The summed E-state index contributed by atoms with van der Waals surface area (Å²) in [5.74, 6) is -1.18. The molecule has 19 heavy (non-hydrogen) atoms. The van der Waals surface area contributed by atoms with Crippen molar-refractivity contribution >= 4 is 5.97 Å². The van der Waals surface area contributed by atoms with E-state index >= 15 is 0 Å². The summed E-state index contributed by atoms with van der Waals surface area (Å²) in [7, 11) is 0. The van der Waals surface area contributed by atoms with Gasteiger partial charge in [-0.1, -0.05) is 13.0 Å². The average Bonchev–Trinajstić information content (AvgIpc) is 2.29. The number of rotatable bonds is 3. The van der Waals surface area contributed by atoms with Crippen molar-refractivity contribution < 1.29 is 14.6 Å². The van der Waals surface area contributed by atoms with Crippen LogP contribution in [0.3, 0.4) is 0 Å². The molecule has 1 unspecified atom stereocenters. The van der Waals surface area contributed by atoms with Gasteiger partial charge in [-0.15, -0.1) is 0 Å². The Bertz CT molecular complexity index is 501. The maximum atomic E-state index is 11.4. The number of carbonyl (C=O) groups is 1. The molecule has 1 aliphatic rings. The lowest BCUT2D eigenvalue weighted by molar-refractivity contribution is -0.155. The number of aryl methyl sites for hydroxylation is 2. The zero-order valence-electron chi connectivity index (χ0n) is 12.3. The summed E-state index contributed by atoms with van der Waals surface area (Å²) < 4.78 is 5.39. The molecule has 0 bridgehead atoms. The van der Waals surface area contributed by atoms with Gasteiger partial charge in [0, 0.05) is 0 Å². The molecule has 1 aromatic carbocycles. The van der Waals surface area contributed by atoms with E-state index in [1.807, 2.05) is 0 Å². The summed E-state index contributed by atoms with van der Waals surface area (Å²) in [6.45, 7) is 11.2. The topological polar surface area (TPSA) is 46.5 Å². The minimum atomic E-state index is -0.749. The molecule has 1 heterocycles. The van der Waals surface area contributed by atoms with Gasteiger partial charge in [-0.25, -0.2) is 0 Å². The summed E-state index contributed by atoms with van der Waals surface area (Å²) >= 11 is 0. The van der Waals surface area contributed by atoms with Crippen molar-refractivity contribution in [3.63, 3.8) is 0 Å². The monoisotopic (exact) mass is 262 g/mol. The van der Waals surface area contributed by atoms with Crippen LogP contribution in [0.2, 0.25) is 0 Å². The molecule has 0 saturated carbocycles. The largest absolute Gasteiger partial charge is 0.481 e. The first-order chi connectivity index (χ1) is 8.81. The highest BCUT2D eigenvalue weighted by Crippen LogP contribution is 2.44. The highest BCUT2D eigenvalue weighted by atomic mass is 16.5. The number of aliphatic carboxylic acids is 1. The second kappa shape index (κ2) is 4.64. The lowest BCUT2D eigenvalue weighted by Gasteiger charge is -2.47. The molecular weight excluding hydrogens is 240 g/mol. The van der Waals surface area contributed by atoms with Crippen molar-refractivity contribution in [2.75, 3.05) is 13.2 Å². The molecule has 2 rings (SSSR count). The predicted octanol–water partition coefficient (Wildman–Crippen LogP) is 2.91. The molecule has 0 aromatic heterocycles. The van der Waals surface area contributed by atoms with Crippen LogP contribution in [-0.2, 0) is 14.9 Å². The van der Waals surface area contributed by atoms with E-state index in [4.69, 9.17) is 4.74 Å². The number of ether oxygens (including phenoxy) is 1. The summed E-state index contributed by atoms with van der Waals surface area (Å²) in [4.78, 5) is 11.4. The lowest BCUT2D eigenvalue weighted by Crippen LogP contribution is -2.54. The Hall–Kier alpha value is -1.35. The van der Waals surface area contributed by atoms with Crippen LogP contribution in [0.5, 0.6) is 0 Å². The van der Waals surface area contributed by atoms with Crippen LogP contribution in [0.1, 0.15) is 34.7 Å². The van der Waals surface area contributed by atoms with E-state index < -0.39 is 11.9 Å². The zero-order valence-corrected chi connectivity index (χ0v) is 12.3. The summed E-state index contributed by atoms with van der Waals surface area (Å²) in [5.41, 5.74) is 5.69. The third kappa shape index (κ3) is 1.96. The van der Waals surface area contributed by atoms with E-state index in [2.05, 4.69) is 33.8 Å². The van der Waals surface area contributed by atoms with Crippen molar-refractivity contribution in [2.45, 2.75) is 40.0 Å². The fraction of sp³-hybridized carbons (Fsp3) is 0.562. The van der Waals surface area contributed by atoms with Crippen LogP contribution in [0, 0.1) is 33.6 Å². The number of hydrogen-bond acceptors (Lipinski definition) is 2. The van der Waals surface area contributed by atoms with E-state index in [0.717, 1.165) is 0 Å². The first-order valence-electron chi connectivity index (χ1n) is 6.69. The van der Waals surface area contributed by atoms with Crippen LogP contribution in [0.4, 0.5) is 0 Å². The third-order valence-electron chi connectivity index (χ3n) is 4.78. The maximum Gasteiger partial charge on any atom is 0.307 e. The van der Waals surface area contributed by atoms with Gasteiger partial charge in [-0.05, 0) is 55.5 Å². The molecule has 1 saturated heterocycles. The molecule has 1 atom stereocenters. The molecule has 1 N–H and O–H groups in total. The number of benzene rings is 1. The van der Waals surface area contributed by atoms with Gasteiger partial charge >= 0.3 is 5.97 Å². The van der Waals surface area contributed by atoms with Gasteiger partial charge in [0.15, 0.2) is 0 Å². The van der Waals surface area contributed by atoms with Gasteiger partial charge in [0.1, 0.15) is 0 Å². The zero-order chi connectivity index (χ0) is 14.4. The Balaban J connectivity index is 2.65. The molecule has 0 aliphatic carbocycles. The first kappa shape index (κ1) is 14.1. The minimum absolute atomic E-state index is 0.364. The van der Waals surface area contributed by atoms with Crippen LogP contribution < -0.4 is 0 Å². The standard InChI is InChI=1S/C16H22O3/c1-9-6-10(2)12(4)14(11(9)3)16(7-19-8-16)13(5)15(17)18/h6,13H,7-8H2,1-5H3,(H,17,18). The van der Waals surface area contributed by atoms with Crippen LogP contribution in [-0.4, -0.2) is 24.3 Å². The number of hydrogen-bond donors (Lipinski definition) is 1. The fourth-order valence-corrected chi connectivity index (χ4v) is 3.13. The summed E-state index contributed by atoms with van der Waals surface area (Å²) in [6, 6.07) is 2.17. The Morgan fingerprint density at radius 1 is 1.21 bits per heavy atom. The van der Waals surface area contributed by atoms with Crippen LogP contribution >= 0.6 is 0 Å². The van der Waals surface area contributed by atoms with Gasteiger partial charge in [0.2, 0.25) is 0 Å². The van der Waals surface area contributed by atoms with E-state index in [1.165, 1.54) is 27.8 Å². The molecule has 104 valence electrons.